The molecule has 0 bridgehead atoms. The Kier molecular flexibility index (Phi) is 4.59. The second-order valence-corrected chi connectivity index (χ2v) is 6.38. The molecule has 0 unspecified atom stereocenters. The molecule has 0 spiro atoms. The fourth-order valence-electron chi connectivity index (χ4n) is 1.01. The van der Waals surface area contributed by atoms with Crippen LogP contribution >= 0.6 is 27.7 Å². The van der Waals surface area contributed by atoms with Gasteiger partial charge in [0.2, 0.25) is 0 Å². The summed E-state index contributed by atoms with van der Waals surface area (Å²) in [4.78, 5) is 8.97. The fourth-order valence-corrected chi connectivity index (χ4v) is 2.31. The van der Waals surface area contributed by atoms with E-state index in [9.17, 15) is 0 Å². The first-order valence-electron chi connectivity index (χ1n) is 5.11. The van der Waals surface area contributed by atoms with E-state index in [-0.39, 0.29) is 5.41 Å². The minimum atomic E-state index is 0.00526. The molecule has 15 heavy (non-hydrogen) atoms. The van der Waals surface area contributed by atoms with Crippen molar-refractivity contribution in [1.29, 1.82) is 0 Å². The molecular formula is C11H17BrN2S. The van der Waals surface area contributed by atoms with Gasteiger partial charge in [0, 0.05) is 11.5 Å². The van der Waals surface area contributed by atoms with E-state index >= 15 is 0 Å². The molecule has 1 rings (SSSR count). The lowest BCUT2D eigenvalue weighted by Crippen LogP contribution is -2.16. The minimum absolute atomic E-state index is 0.00526. The summed E-state index contributed by atoms with van der Waals surface area (Å²) in [6.45, 7) is 8.56. The predicted octanol–water partition coefficient (Wildman–Crippen LogP) is 4.04. The Morgan fingerprint density at radius 2 is 2.00 bits per heavy atom. The van der Waals surface area contributed by atoms with Gasteiger partial charge in [-0.05, 0) is 28.1 Å². The van der Waals surface area contributed by atoms with E-state index in [1.807, 2.05) is 6.07 Å². The topological polar surface area (TPSA) is 25.8 Å². The summed E-state index contributed by atoms with van der Waals surface area (Å²) in [5, 5.41) is 1.06. The molecule has 0 atom stereocenters. The average Bonchev–Trinajstić information content (AvgIpc) is 2.12. The lowest BCUT2D eigenvalue weighted by molar-refractivity contribution is 0.536. The molecular weight excluding hydrogens is 272 g/mol. The summed E-state index contributed by atoms with van der Waals surface area (Å²) >= 11 is 5.22. The Morgan fingerprint density at radius 1 is 1.33 bits per heavy atom. The molecule has 0 N–H and O–H groups in total. The molecule has 0 aliphatic rings. The molecule has 1 aromatic rings. The van der Waals surface area contributed by atoms with Crippen LogP contribution in [0, 0.1) is 0 Å². The lowest BCUT2D eigenvalue weighted by atomic mass is 9.96. The molecule has 0 aliphatic carbocycles. The number of nitrogens with zero attached hydrogens (tertiary/aromatic N) is 2. The zero-order valence-electron chi connectivity index (χ0n) is 9.67. The van der Waals surface area contributed by atoms with Gasteiger partial charge in [0.15, 0.2) is 0 Å². The highest BCUT2D eigenvalue weighted by Crippen LogP contribution is 2.25. The summed E-state index contributed by atoms with van der Waals surface area (Å²) in [5.74, 6) is 2.00. The van der Waals surface area contributed by atoms with Crippen LogP contribution in [-0.2, 0) is 5.41 Å². The van der Waals surface area contributed by atoms with Crippen molar-refractivity contribution in [1.82, 2.24) is 9.97 Å². The molecule has 1 aromatic heterocycles. The van der Waals surface area contributed by atoms with E-state index in [0.717, 1.165) is 27.6 Å². The van der Waals surface area contributed by atoms with Crippen molar-refractivity contribution in [2.24, 2.45) is 0 Å². The van der Waals surface area contributed by atoms with Gasteiger partial charge in [0.1, 0.15) is 15.5 Å². The van der Waals surface area contributed by atoms with E-state index in [1.165, 1.54) is 0 Å². The zero-order valence-corrected chi connectivity index (χ0v) is 12.1. The van der Waals surface area contributed by atoms with Crippen LogP contribution in [0.25, 0.3) is 0 Å². The van der Waals surface area contributed by atoms with Crippen LogP contribution in [0.1, 0.15) is 39.9 Å². The molecule has 4 heteroatoms. The summed E-state index contributed by atoms with van der Waals surface area (Å²) in [5.41, 5.74) is 0.00526. The first-order chi connectivity index (χ1) is 6.93. The Morgan fingerprint density at radius 3 is 2.53 bits per heavy atom. The molecule has 0 saturated carbocycles. The quantitative estimate of drug-likeness (QED) is 0.620. The second kappa shape index (κ2) is 5.30. The Balaban J connectivity index is 2.95. The van der Waals surface area contributed by atoms with Crippen LogP contribution in [0.4, 0.5) is 0 Å². The number of halogens is 1. The summed E-state index contributed by atoms with van der Waals surface area (Å²) in [7, 11) is 0. The van der Waals surface area contributed by atoms with Gasteiger partial charge in [-0.2, -0.15) is 0 Å². The van der Waals surface area contributed by atoms with Gasteiger partial charge in [0.25, 0.3) is 0 Å². The van der Waals surface area contributed by atoms with E-state index in [4.69, 9.17) is 0 Å². The highest BCUT2D eigenvalue weighted by Gasteiger charge is 2.18. The Bertz CT molecular complexity index is 334. The standard InChI is InChI=1S/C11H17BrN2S/c1-5-6-15-9-7-8(12)13-10(14-9)11(2,3)4/h7H,5-6H2,1-4H3. The molecule has 0 radical (unpaired) electrons. The fraction of sp³-hybridized carbons (Fsp3) is 0.636. The van der Waals surface area contributed by atoms with Crippen LogP contribution in [0.3, 0.4) is 0 Å². The predicted molar refractivity (Wildman–Crippen MR) is 69.4 cm³/mol. The number of hydrogen-bond donors (Lipinski definition) is 0. The van der Waals surface area contributed by atoms with Crippen molar-refractivity contribution in [3.05, 3.63) is 16.5 Å². The maximum Gasteiger partial charge on any atom is 0.136 e. The van der Waals surface area contributed by atoms with E-state index in [1.54, 1.807) is 11.8 Å². The SMILES string of the molecule is CCCSc1cc(Br)nc(C(C)(C)C)n1. The normalized spacial score (nSPS) is 11.8. The van der Waals surface area contributed by atoms with Crippen molar-refractivity contribution in [3.63, 3.8) is 0 Å². The smallest absolute Gasteiger partial charge is 0.136 e. The van der Waals surface area contributed by atoms with Gasteiger partial charge in [0.05, 0.1) is 0 Å². The maximum atomic E-state index is 4.56. The minimum Gasteiger partial charge on any atom is -0.226 e. The van der Waals surface area contributed by atoms with Crippen molar-refractivity contribution in [3.8, 4) is 0 Å². The highest BCUT2D eigenvalue weighted by molar-refractivity contribution is 9.10. The van der Waals surface area contributed by atoms with E-state index < -0.39 is 0 Å². The van der Waals surface area contributed by atoms with Crippen molar-refractivity contribution < 1.29 is 0 Å². The van der Waals surface area contributed by atoms with Gasteiger partial charge in [-0.25, -0.2) is 9.97 Å². The third kappa shape index (κ3) is 4.11. The molecule has 1 heterocycles. The maximum absolute atomic E-state index is 4.56. The third-order valence-corrected chi connectivity index (χ3v) is 3.32. The monoisotopic (exact) mass is 288 g/mol. The average molecular weight is 289 g/mol. The first kappa shape index (κ1) is 13.0. The van der Waals surface area contributed by atoms with Crippen molar-refractivity contribution >= 4 is 27.7 Å². The number of thioether (sulfide) groups is 1. The van der Waals surface area contributed by atoms with Gasteiger partial charge >= 0.3 is 0 Å². The van der Waals surface area contributed by atoms with Gasteiger partial charge < -0.3 is 0 Å². The zero-order chi connectivity index (χ0) is 11.5. The Labute approximate surface area is 104 Å². The molecule has 0 aliphatic heterocycles. The van der Waals surface area contributed by atoms with Gasteiger partial charge in [-0.3, -0.25) is 0 Å². The molecule has 2 nitrogen and oxygen atoms in total. The molecule has 84 valence electrons. The third-order valence-electron chi connectivity index (χ3n) is 1.80. The summed E-state index contributed by atoms with van der Waals surface area (Å²) < 4.78 is 0.876. The second-order valence-electron chi connectivity index (χ2n) is 4.45. The largest absolute Gasteiger partial charge is 0.226 e. The Hall–Kier alpha value is -0.0900. The van der Waals surface area contributed by atoms with Crippen LogP contribution in [-0.4, -0.2) is 15.7 Å². The number of rotatable bonds is 3. The lowest BCUT2D eigenvalue weighted by Gasteiger charge is -2.17. The van der Waals surface area contributed by atoms with Crippen LogP contribution in [0.2, 0.25) is 0 Å². The molecule has 0 saturated heterocycles. The highest BCUT2D eigenvalue weighted by atomic mass is 79.9. The van der Waals surface area contributed by atoms with E-state index in [2.05, 4.69) is 53.6 Å². The molecule has 0 aromatic carbocycles. The van der Waals surface area contributed by atoms with Crippen LogP contribution in [0.15, 0.2) is 15.7 Å². The summed E-state index contributed by atoms with van der Waals surface area (Å²) in [6, 6.07) is 1.98. The van der Waals surface area contributed by atoms with Gasteiger partial charge in [-0.1, -0.05) is 27.7 Å². The van der Waals surface area contributed by atoms with Gasteiger partial charge in [-0.15, -0.1) is 11.8 Å². The van der Waals surface area contributed by atoms with Crippen LogP contribution in [0.5, 0.6) is 0 Å². The molecule has 0 amide bonds. The van der Waals surface area contributed by atoms with E-state index in [0.29, 0.717) is 0 Å². The summed E-state index contributed by atoms with van der Waals surface area (Å²) in [6.07, 6.45) is 1.16. The molecule has 0 fully saturated rings. The van der Waals surface area contributed by atoms with Crippen LogP contribution < -0.4 is 0 Å². The van der Waals surface area contributed by atoms with Crippen molar-refractivity contribution in [2.45, 2.75) is 44.6 Å². The number of aromatic nitrogens is 2. The van der Waals surface area contributed by atoms with Crippen molar-refractivity contribution in [2.75, 3.05) is 5.75 Å². The first-order valence-corrected chi connectivity index (χ1v) is 6.89. The number of hydrogen-bond acceptors (Lipinski definition) is 3.